The highest BCUT2D eigenvalue weighted by atomic mass is 19.4. The first-order chi connectivity index (χ1) is 7.57. The lowest BCUT2D eigenvalue weighted by Crippen LogP contribution is -2.13. The maximum absolute atomic E-state index is 12.6. The Labute approximate surface area is 91.9 Å². The van der Waals surface area contributed by atoms with Crippen LogP contribution >= 0.6 is 0 Å². The Hall–Kier alpha value is -1.26. The van der Waals surface area contributed by atoms with E-state index >= 15 is 0 Å². The molecule has 1 aliphatic carbocycles. The third-order valence-corrected chi connectivity index (χ3v) is 2.66. The predicted molar refractivity (Wildman–Crippen MR) is 55.1 cm³/mol. The molecule has 2 rings (SSSR count). The van der Waals surface area contributed by atoms with Crippen LogP contribution in [0.4, 0.5) is 19.0 Å². The molecule has 88 valence electrons. The van der Waals surface area contributed by atoms with Gasteiger partial charge in [-0.1, -0.05) is 12.8 Å². The minimum Gasteiger partial charge on any atom is -0.370 e. The molecule has 0 aliphatic heterocycles. The van der Waals surface area contributed by atoms with Gasteiger partial charge in [0.1, 0.15) is 5.82 Å². The molecule has 1 fully saturated rings. The zero-order valence-electron chi connectivity index (χ0n) is 8.72. The maximum Gasteiger partial charge on any atom is 0.419 e. The second kappa shape index (κ2) is 4.31. The van der Waals surface area contributed by atoms with Crippen molar-refractivity contribution < 1.29 is 13.2 Å². The molecule has 1 saturated carbocycles. The van der Waals surface area contributed by atoms with Crippen molar-refractivity contribution in [3.05, 3.63) is 23.9 Å². The maximum atomic E-state index is 12.6. The summed E-state index contributed by atoms with van der Waals surface area (Å²) in [6.07, 6.45) is 0.366. The van der Waals surface area contributed by atoms with Crippen molar-refractivity contribution in [2.75, 3.05) is 11.9 Å². The van der Waals surface area contributed by atoms with Gasteiger partial charge in [-0.3, -0.25) is 0 Å². The van der Waals surface area contributed by atoms with Crippen molar-refractivity contribution in [2.24, 2.45) is 5.92 Å². The largest absolute Gasteiger partial charge is 0.419 e. The summed E-state index contributed by atoms with van der Waals surface area (Å²) in [7, 11) is 0. The van der Waals surface area contributed by atoms with Crippen LogP contribution in [-0.2, 0) is 6.18 Å². The number of alkyl halides is 3. The average Bonchev–Trinajstić information content (AvgIpc) is 3.01. The Balaban J connectivity index is 2.00. The number of hydrogen-bond donors (Lipinski definition) is 1. The molecule has 1 aromatic rings. The summed E-state index contributed by atoms with van der Waals surface area (Å²) in [5, 5.41) is 2.76. The predicted octanol–water partition coefficient (Wildman–Crippen LogP) is 3.31. The monoisotopic (exact) mass is 230 g/mol. The van der Waals surface area contributed by atoms with Gasteiger partial charge in [-0.15, -0.1) is 0 Å². The second-order valence-corrected chi connectivity index (χ2v) is 4.06. The summed E-state index contributed by atoms with van der Waals surface area (Å²) < 4.78 is 37.7. The molecule has 0 spiro atoms. The molecule has 0 bridgehead atoms. The van der Waals surface area contributed by atoms with Crippen molar-refractivity contribution >= 4 is 5.82 Å². The molecule has 1 aliphatic rings. The molecule has 0 aromatic carbocycles. The molecule has 1 heterocycles. The number of nitrogens with zero attached hydrogens (tertiary/aromatic N) is 1. The van der Waals surface area contributed by atoms with E-state index in [1.165, 1.54) is 25.1 Å². The number of hydrogen-bond acceptors (Lipinski definition) is 2. The minimum absolute atomic E-state index is 0.0596. The molecule has 1 aromatic heterocycles. The number of halogens is 3. The highest BCUT2D eigenvalue weighted by Crippen LogP contribution is 2.34. The standard InChI is InChI=1S/C11H13F3N2/c12-11(13,14)9-2-1-6-15-10(9)16-7-5-8-3-4-8/h1-2,6,8H,3-5,7H2,(H,15,16). The average molecular weight is 230 g/mol. The summed E-state index contributed by atoms with van der Waals surface area (Å²) >= 11 is 0. The number of pyridine rings is 1. The van der Waals surface area contributed by atoms with Crippen LogP contribution in [0.15, 0.2) is 18.3 Å². The van der Waals surface area contributed by atoms with Crippen LogP contribution in [0.5, 0.6) is 0 Å². The third kappa shape index (κ3) is 2.87. The number of aromatic nitrogens is 1. The molecular weight excluding hydrogens is 217 g/mol. The third-order valence-electron chi connectivity index (χ3n) is 2.66. The van der Waals surface area contributed by atoms with Gasteiger partial charge >= 0.3 is 6.18 Å². The van der Waals surface area contributed by atoms with Crippen LogP contribution in [-0.4, -0.2) is 11.5 Å². The lowest BCUT2D eigenvalue weighted by atomic mass is 10.2. The first-order valence-corrected chi connectivity index (χ1v) is 5.33. The van der Waals surface area contributed by atoms with E-state index in [4.69, 9.17) is 0 Å². The Morgan fingerprint density at radius 3 is 2.75 bits per heavy atom. The molecule has 0 amide bonds. The molecule has 0 radical (unpaired) electrons. The van der Waals surface area contributed by atoms with Crippen molar-refractivity contribution in [3.63, 3.8) is 0 Å². The SMILES string of the molecule is FC(F)(F)c1cccnc1NCCC1CC1. The van der Waals surface area contributed by atoms with Gasteiger partial charge in [0.2, 0.25) is 0 Å². The smallest absolute Gasteiger partial charge is 0.370 e. The van der Waals surface area contributed by atoms with E-state index in [0.717, 1.165) is 12.5 Å². The Morgan fingerprint density at radius 1 is 1.38 bits per heavy atom. The fourth-order valence-corrected chi connectivity index (χ4v) is 1.58. The number of rotatable bonds is 4. The van der Waals surface area contributed by atoms with Crippen LogP contribution in [0.2, 0.25) is 0 Å². The summed E-state index contributed by atoms with van der Waals surface area (Å²) in [6, 6.07) is 2.35. The van der Waals surface area contributed by atoms with Crippen LogP contribution in [0.1, 0.15) is 24.8 Å². The zero-order valence-corrected chi connectivity index (χ0v) is 8.72. The van der Waals surface area contributed by atoms with Crippen LogP contribution < -0.4 is 5.32 Å². The highest BCUT2D eigenvalue weighted by Gasteiger charge is 2.34. The highest BCUT2D eigenvalue weighted by molar-refractivity contribution is 5.45. The molecule has 1 N–H and O–H groups in total. The van der Waals surface area contributed by atoms with Gasteiger partial charge in [-0.05, 0) is 24.5 Å². The first kappa shape index (κ1) is 11.2. The fraction of sp³-hybridized carbons (Fsp3) is 0.545. The molecule has 2 nitrogen and oxygen atoms in total. The summed E-state index contributed by atoms with van der Waals surface area (Å²) in [5.74, 6) is 0.640. The van der Waals surface area contributed by atoms with Gasteiger partial charge in [-0.25, -0.2) is 4.98 Å². The van der Waals surface area contributed by atoms with Crippen LogP contribution in [0, 0.1) is 5.92 Å². The van der Waals surface area contributed by atoms with E-state index in [2.05, 4.69) is 10.3 Å². The van der Waals surface area contributed by atoms with Gasteiger partial charge < -0.3 is 5.32 Å². The van der Waals surface area contributed by atoms with Gasteiger partial charge in [0.15, 0.2) is 0 Å². The molecule has 16 heavy (non-hydrogen) atoms. The van der Waals surface area contributed by atoms with E-state index in [9.17, 15) is 13.2 Å². The minimum atomic E-state index is -4.34. The van der Waals surface area contributed by atoms with Crippen molar-refractivity contribution in [1.82, 2.24) is 4.98 Å². The summed E-state index contributed by atoms with van der Waals surface area (Å²) in [4.78, 5) is 3.73. The molecule has 5 heteroatoms. The molecular formula is C11H13F3N2. The van der Waals surface area contributed by atoms with Crippen LogP contribution in [0.3, 0.4) is 0 Å². The van der Waals surface area contributed by atoms with E-state index in [0.29, 0.717) is 12.5 Å². The lowest BCUT2D eigenvalue weighted by molar-refractivity contribution is -0.137. The Kier molecular flexibility index (Phi) is 3.03. The summed E-state index contributed by atoms with van der Waals surface area (Å²) in [5.41, 5.74) is -0.689. The van der Waals surface area contributed by atoms with Gasteiger partial charge in [-0.2, -0.15) is 13.2 Å². The van der Waals surface area contributed by atoms with E-state index in [1.54, 1.807) is 0 Å². The fourth-order valence-electron chi connectivity index (χ4n) is 1.58. The van der Waals surface area contributed by atoms with Crippen molar-refractivity contribution in [3.8, 4) is 0 Å². The van der Waals surface area contributed by atoms with Crippen molar-refractivity contribution in [1.29, 1.82) is 0 Å². The molecule has 0 unspecified atom stereocenters. The van der Waals surface area contributed by atoms with Gasteiger partial charge in [0.25, 0.3) is 0 Å². The Morgan fingerprint density at radius 2 is 2.12 bits per heavy atom. The van der Waals surface area contributed by atoms with E-state index < -0.39 is 11.7 Å². The lowest BCUT2D eigenvalue weighted by Gasteiger charge is -2.12. The second-order valence-electron chi connectivity index (χ2n) is 4.06. The topological polar surface area (TPSA) is 24.9 Å². The number of anilines is 1. The van der Waals surface area contributed by atoms with E-state index in [1.807, 2.05) is 0 Å². The normalized spacial score (nSPS) is 16.2. The van der Waals surface area contributed by atoms with Gasteiger partial charge in [0, 0.05) is 12.7 Å². The molecule has 0 saturated heterocycles. The quantitative estimate of drug-likeness (QED) is 0.858. The van der Waals surface area contributed by atoms with Gasteiger partial charge in [0.05, 0.1) is 5.56 Å². The Bertz CT molecular complexity index is 358. The van der Waals surface area contributed by atoms with Crippen molar-refractivity contribution in [2.45, 2.75) is 25.4 Å². The van der Waals surface area contributed by atoms with E-state index in [-0.39, 0.29) is 5.82 Å². The zero-order chi connectivity index (χ0) is 11.6. The summed E-state index contributed by atoms with van der Waals surface area (Å²) in [6.45, 7) is 0.560. The first-order valence-electron chi connectivity index (χ1n) is 5.33. The number of nitrogens with one attached hydrogen (secondary N) is 1. The molecule has 0 atom stereocenters. The van der Waals surface area contributed by atoms with Crippen LogP contribution in [0.25, 0.3) is 0 Å².